The molecule has 2 nitrogen and oxygen atoms in total. The van der Waals surface area contributed by atoms with Crippen LogP contribution in [0.4, 0.5) is 0 Å². The third-order valence-corrected chi connectivity index (χ3v) is 6.50. The van der Waals surface area contributed by atoms with Gasteiger partial charge in [-0.05, 0) is 29.7 Å². The summed E-state index contributed by atoms with van der Waals surface area (Å²) in [6.07, 6.45) is 1.63. The minimum Gasteiger partial charge on any atom is -0.467 e. The smallest absolute Gasteiger partial charge is 0.147 e. The van der Waals surface area contributed by atoms with Crippen LogP contribution in [0, 0.1) is 0 Å². The number of hydrogen-bond donors (Lipinski definition) is 0. The Morgan fingerprint density at radius 3 is 2.68 bits per heavy atom. The molecule has 2 aromatic carbocycles. The van der Waals surface area contributed by atoms with Crippen molar-refractivity contribution < 1.29 is 8.63 Å². The fourth-order valence-corrected chi connectivity index (χ4v) is 5.64. The van der Waals surface area contributed by atoms with Gasteiger partial charge < -0.3 is 4.42 Å². The predicted octanol–water partition coefficient (Wildman–Crippen LogP) is 4.34. The average molecular weight is 286 g/mol. The van der Waals surface area contributed by atoms with Gasteiger partial charge in [0.1, 0.15) is 10.3 Å². The molecule has 2 heterocycles. The van der Waals surface area contributed by atoms with Gasteiger partial charge in [-0.2, -0.15) is 0 Å². The monoisotopic (exact) mass is 286 g/mol. The van der Waals surface area contributed by atoms with E-state index in [0.717, 1.165) is 21.4 Å². The lowest BCUT2D eigenvalue weighted by atomic mass is 10.1. The molecule has 2 unspecified atom stereocenters. The first-order chi connectivity index (χ1) is 9.34. The van der Waals surface area contributed by atoms with Gasteiger partial charge in [0.15, 0.2) is 0 Å². The van der Waals surface area contributed by atoms with Crippen molar-refractivity contribution in [3.05, 3.63) is 60.6 Å². The van der Waals surface area contributed by atoms with Crippen LogP contribution in [0.3, 0.4) is 0 Å². The van der Waals surface area contributed by atoms with E-state index in [4.69, 9.17) is 4.42 Å². The molecule has 1 aliphatic rings. The van der Waals surface area contributed by atoms with Crippen molar-refractivity contribution in [3.63, 3.8) is 0 Å². The minimum absolute atomic E-state index is 0.157. The first-order valence-electron chi connectivity index (χ1n) is 5.97. The molecule has 3 aromatic rings. The Kier molecular flexibility index (Phi) is 2.53. The van der Waals surface area contributed by atoms with Crippen LogP contribution in [-0.4, -0.2) is 4.21 Å². The van der Waals surface area contributed by atoms with E-state index in [1.807, 2.05) is 30.3 Å². The highest BCUT2D eigenvalue weighted by molar-refractivity contribution is 8.11. The van der Waals surface area contributed by atoms with Crippen LogP contribution in [0.5, 0.6) is 0 Å². The van der Waals surface area contributed by atoms with E-state index in [1.165, 1.54) is 4.90 Å². The number of benzene rings is 2. The van der Waals surface area contributed by atoms with Crippen molar-refractivity contribution in [2.24, 2.45) is 0 Å². The average Bonchev–Trinajstić information content (AvgIpc) is 2.97. The van der Waals surface area contributed by atoms with Crippen molar-refractivity contribution in [1.82, 2.24) is 0 Å². The van der Waals surface area contributed by atoms with E-state index in [0.29, 0.717) is 0 Å². The van der Waals surface area contributed by atoms with Crippen LogP contribution >= 0.6 is 11.8 Å². The van der Waals surface area contributed by atoms with Gasteiger partial charge in [-0.1, -0.05) is 36.0 Å². The molecule has 0 N–H and O–H groups in total. The van der Waals surface area contributed by atoms with Crippen LogP contribution in [0.2, 0.25) is 0 Å². The molecular formula is C15H10O2S2. The Bertz CT molecular complexity index is 773. The summed E-state index contributed by atoms with van der Waals surface area (Å²) < 4.78 is 18.0. The van der Waals surface area contributed by atoms with E-state index >= 15 is 0 Å². The van der Waals surface area contributed by atoms with Gasteiger partial charge in [0, 0.05) is 15.2 Å². The van der Waals surface area contributed by atoms with Crippen molar-refractivity contribution in [2.45, 2.75) is 14.4 Å². The van der Waals surface area contributed by atoms with Gasteiger partial charge in [0.2, 0.25) is 0 Å². The SMILES string of the molecule is O=S1c2cccc3cccc(c23)SC1c1ccco1. The van der Waals surface area contributed by atoms with Crippen LogP contribution in [0.1, 0.15) is 10.3 Å². The number of furan rings is 1. The predicted molar refractivity (Wildman–Crippen MR) is 77.7 cm³/mol. The molecule has 0 amide bonds. The first-order valence-corrected chi connectivity index (χ1v) is 8.06. The molecule has 94 valence electrons. The molecule has 0 bridgehead atoms. The van der Waals surface area contributed by atoms with Gasteiger partial charge in [-0.3, -0.25) is 4.21 Å². The second-order valence-electron chi connectivity index (χ2n) is 4.37. The zero-order chi connectivity index (χ0) is 12.8. The molecule has 1 aliphatic heterocycles. The highest BCUT2D eigenvalue weighted by Gasteiger charge is 2.31. The third-order valence-electron chi connectivity index (χ3n) is 3.25. The highest BCUT2D eigenvalue weighted by atomic mass is 32.2. The quantitative estimate of drug-likeness (QED) is 0.666. The first kappa shape index (κ1) is 11.3. The molecule has 0 saturated carbocycles. The van der Waals surface area contributed by atoms with Crippen LogP contribution < -0.4 is 0 Å². The molecule has 4 rings (SSSR count). The van der Waals surface area contributed by atoms with Gasteiger partial charge in [-0.15, -0.1) is 0 Å². The second kappa shape index (κ2) is 4.25. The zero-order valence-corrected chi connectivity index (χ0v) is 11.5. The van der Waals surface area contributed by atoms with Crippen molar-refractivity contribution >= 4 is 33.3 Å². The zero-order valence-electron chi connectivity index (χ0n) is 9.91. The Balaban J connectivity index is 1.97. The largest absolute Gasteiger partial charge is 0.467 e. The maximum atomic E-state index is 12.7. The van der Waals surface area contributed by atoms with E-state index in [1.54, 1.807) is 18.0 Å². The lowest BCUT2D eigenvalue weighted by Crippen LogP contribution is -2.08. The molecule has 4 heteroatoms. The number of rotatable bonds is 1. The van der Waals surface area contributed by atoms with Crippen LogP contribution in [-0.2, 0) is 10.8 Å². The molecular weight excluding hydrogens is 276 g/mol. The van der Waals surface area contributed by atoms with Gasteiger partial charge in [0.05, 0.1) is 17.1 Å². The molecule has 2 atom stereocenters. The van der Waals surface area contributed by atoms with Gasteiger partial charge in [-0.25, -0.2) is 0 Å². The summed E-state index contributed by atoms with van der Waals surface area (Å²) in [6, 6.07) is 15.9. The topological polar surface area (TPSA) is 30.2 Å². The van der Waals surface area contributed by atoms with Gasteiger partial charge >= 0.3 is 0 Å². The van der Waals surface area contributed by atoms with Gasteiger partial charge in [0.25, 0.3) is 0 Å². The van der Waals surface area contributed by atoms with E-state index in [2.05, 4.69) is 18.2 Å². The molecule has 1 aromatic heterocycles. The van der Waals surface area contributed by atoms with E-state index in [-0.39, 0.29) is 4.58 Å². The molecule has 19 heavy (non-hydrogen) atoms. The summed E-state index contributed by atoms with van der Waals surface area (Å²) in [5.41, 5.74) is 0. The fourth-order valence-electron chi connectivity index (χ4n) is 2.40. The maximum absolute atomic E-state index is 12.7. The standard InChI is InChI=1S/C15H10O2S2/c16-19-13-8-2-5-10-4-1-7-12(14(10)13)18-15(19)11-6-3-9-17-11/h1-9,15H. The molecule has 0 fully saturated rings. The molecule has 0 aliphatic carbocycles. The summed E-state index contributed by atoms with van der Waals surface area (Å²) in [4.78, 5) is 2.09. The molecule has 0 spiro atoms. The summed E-state index contributed by atoms with van der Waals surface area (Å²) in [7, 11) is -1.09. The minimum atomic E-state index is -1.09. The van der Waals surface area contributed by atoms with Crippen LogP contribution in [0.25, 0.3) is 10.8 Å². The second-order valence-corrected chi connectivity index (χ2v) is 7.32. The van der Waals surface area contributed by atoms with E-state index in [9.17, 15) is 4.21 Å². The number of thioether (sulfide) groups is 1. The summed E-state index contributed by atoms with van der Waals surface area (Å²) in [5, 5.41) is 2.27. The third kappa shape index (κ3) is 1.67. The Morgan fingerprint density at radius 2 is 1.89 bits per heavy atom. The lowest BCUT2D eigenvalue weighted by molar-refractivity contribution is 0.525. The summed E-state index contributed by atoms with van der Waals surface area (Å²) in [5.74, 6) is 0.773. The Hall–Kier alpha value is -1.52. The molecule has 0 saturated heterocycles. The Morgan fingerprint density at radius 1 is 1.05 bits per heavy atom. The van der Waals surface area contributed by atoms with Crippen LogP contribution in [0.15, 0.2) is 69.0 Å². The summed E-state index contributed by atoms with van der Waals surface area (Å²) in [6.45, 7) is 0. The maximum Gasteiger partial charge on any atom is 0.147 e. The normalized spacial score (nSPS) is 21.7. The van der Waals surface area contributed by atoms with Crippen molar-refractivity contribution in [1.29, 1.82) is 0 Å². The fraction of sp³-hybridized carbons (Fsp3) is 0.0667. The number of hydrogen-bond acceptors (Lipinski definition) is 3. The van der Waals surface area contributed by atoms with Crippen molar-refractivity contribution in [3.8, 4) is 0 Å². The molecule has 0 radical (unpaired) electrons. The summed E-state index contributed by atoms with van der Waals surface area (Å²) >= 11 is 1.62. The highest BCUT2D eigenvalue weighted by Crippen LogP contribution is 2.49. The van der Waals surface area contributed by atoms with Crippen molar-refractivity contribution in [2.75, 3.05) is 0 Å². The Labute approximate surface area is 117 Å². The van der Waals surface area contributed by atoms with E-state index < -0.39 is 10.8 Å². The lowest BCUT2D eigenvalue weighted by Gasteiger charge is -2.22.